The Morgan fingerprint density at radius 1 is 1.06 bits per heavy atom. The van der Waals surface area contributed by atoms with Gasteiger partial charge >= 0.3 is 0 Å². The van der Waals surface area contributed by atoms with Crippen LogP contribution in [0.25, 0.3) is 0 Å². The van der Waals surface area contributed by atoms with Gasteiger partial charge in [-0.25, -0.2) is 4.99 Å². The summed E-state index contributed by atoms with van der Waals surface area (Å²) in [5, 5.41) is 15.6. The predicted molar refractivity (Wildman–Crippen MR) is 145 cm³/mol. The molecule has 0 aromatic heterocycles. The van der Waals surface area contributed by atoms with Crippen molar-refractivity contribution in [2.24, 2.45) is 4.99 Å². The number of aliphatic imine (C=N–C) groups is 1. The Balaban J connectivity index is 0.00000385. The third kappa shape index (κ3) is 10.1. The van der Waals surface area contributed by atoms with Crippen molar-refractivity contribution in [2.45, 2.75) is 45.4 Å². The molecule has 1 aliphatic heterocycles. The van der Waals surface area contributed by atoms with Crippen molar-refractivity contribution in [3.63, 3.8) is 0 Å². The minimum atomic E-state index is 0. The summed E-state index contributed by atoms with van der Waals surface area (Å²) in [6.45, 7) is 8.29. The smallest absolute Gasteiger partial charge is 0.191 e. The third-order valence-corrected chi connectivity index (χ3v) is 5.60. The lowest BCUT2D eigenvalue weighted by molar-refractivity contribution is 0.00534. The number of nitrogens with one attached hydrogen (secondary N) is 2. The molecule has 0 aliphatic carbocycles. The first-order valence-electron chi connectivity index (χ1n) is 11.7. The fourth-order valence-electron chi connectivity index (χ4n) is 3.80. The van der Waals surface area contributed by atoms with Crippen molar-refractivity contribution >= 4 is 29.9 Å². The molecular formula is C26H36IN5O. The van der Waals surface area contributed by atoms with Crippen LogP contribution in [0.2, 0.25) is 0 Å². The highest BCUT2D eigenvalue weighted by Gasteiger charge is 2.19. The Morgan fingerprint density at radius 3 is 2.45 bits per heavy atom. The highest BCUT2D eigenvalue weighted by Crippen LogP contribution is 2.16. The van der Waals surface area contributed by atoms with E-state index >= 15 is 0 Å². The molecule has 0 bridgehead atoms. The lowest BCUT2D eigenvalue weighted by Gasteiger charge is -2.32. The number of guanidine groups is 1. The second kappa shape index (κ2) is 15.6. The van der Waals surface area contributed by atoms with Crippen LogP contribution in [0.4, 0.5) is 0 Å². The van der Waals surface area contributed by atoms with E-state index in [1.807, 2.05) is 24.3 Å². The van der Waals surface area contributed by atoms with E-state index in [4.69, 9.17) is 10.00 Å². The molecule has 0 unspecified atom stereocenters. The highest BCUT2D eigenvalue weighted by molar-refractivity contribution is 14.0. The fraction of sp³-hybridized carbons (Fsp3) is 0.462. The Bertz CT molecular complexity index is 859. The Morgan fingerprint density at radius 2 is 1.79 bits per heavy atom. The van der Waals surface area contributed by atoms with E-state index in [1.165, 1.54) is 5.56 Å². The van der Waals surface area contributed by atoms with E-state index in [0.29, 0.717) is 18.2 Å². The first-order valence-corrected chi connectivity index (χ1v) is 11.7. The first kappa shape index (κ1) is 27.1. The first-order chi connectivity index (χ1) is 15.8. The lowest BCUT2D eigenvalue weighted by Crippen LogP contribution is -2.38. The average molecular weight is 562 g/mol. The zero-order valence-electron chi connectivity index (χ0n) is 19.5. The zero-order valence-corrected chi connectivity index (χ0v) is 21.8. The summed E-state index contributed by atoms with van der Waals surface area (Å²) in [5.74, 6) is 0.811. The molecule has 0 saturated carbocycles. The largest absolute Gasteiger partial charge is 0.378 e. The number of piperidine rings is 1. The molecule has 7 heteroatoms. The van der Waals surface area contributed by atoms with Crippen LogP contribution in [-0.2, 0) is 17.8 Å². The maximum atomic E-state index is 8.90. The van der Waals surface area contributed by atoms with Crippen LogP contribution in [0, 0.1) is 11.3 Å². The normalized spacial score (nSPS) is 14.8. The summed E-state index contributed by atoms with van der Waals surface area (Å²) in [4.78, 5) is 7.15. The SMILES string of the molecule is CCNC(=NCc1ccc(C#N)cc1)NCCCOC1CCN(Cc2ccccc2)CC1.I. The van der Waals surface area contributed by atoms with Crippen molar-refractivity contribution in [1.82, 2.24) is 15.5 Å². The molecule has 2 aromatic carbocycles. The van der Waals surface area contributed by atoms with E-state index in [1.54, 1.807) is 0 Å². The molecule has 1 fully saturated rings. The van der Waals surface area contributed by atoms with Gasteiger partial charge in [-0.2, -0.15) is 5.26 Å². The summed E-state index contributed by atoms with van der Waals surface area (Å²) in [6.07, 6.45) is 3.54. The van der Waals surface area contributed by atoms with Gasteiger partial charge in [0.1, 0.15) is 0 Å². The quantitative estimate of drug-likeness (QED) is 0.196. The van der Waals surface area contributed by atoms with Crippen LogP contribution in [-0.4, -0.2) is 49.7 Å². The number of benzene rings is 2. The molecule has 33 heavy (non-hydrogen) atoms. The van der Waals surface area contributed by atoms with Gasteiger partial charge in [-0.05, 0) is 49.4 Å². The highest BCUT2D eigenvalue weighted by atomic mass is 127. The monoisotopic (exact) mass is 561 g/mol. The molecule has 2 aromatic rings. The van der Waals surface area contributed by atoms with E-state index in [9.17, 15) is 0 Å². The van der Waals surface area contributed by atoms with E-state index in [2.05, 4.69) is 63.9 Å². The molecule has 1 saturated heterocycles. The fourth-order valence-corrected chi connectivity index (χ4v) is 3.80. The molecule has 1 heterocycles. The van der Waals surface area contributed by atoms with Crippen molar-refractivity contribution in [3.05, 3.63) is 71.3 Å². The number of likely N-dealkylation sites (tertiary alicyclic amines) is 1. The number of hydrogen-bond acceptors (Lipinski definition) is 4. The molecule has 0 amide bonds. The number of hydrogen-bond donors (Lipinski definition) is 2. The summed E-state index contributed by atoms with van der Waals surface area (Å²) < 4.78 is 6.12. The topological polar surface area (TPSA) is 72.7 Å². The van der Waals surface area contributed by atoms with E-state index in [0.717, 1.165) is 70.1 Å². The van der Waals surface area contributed by atoms with Crippen LogP contribution in [0.5, 0.6) is 0 Å². The maximum Gasteiger partial charge on any atom is 0.191 e. The van der Waals surface area contributed by atoms with E-state index < -0.39 is 0 Å². The van der Waals surface area contributed by atoms with Gasteiger partial charge < -0.3 is 15.4 Å². The Labute approximate surface area is 215 Å². The number of rotatable bonds is 10. The van der Waals surface area contributed by atoms with Gasteiger partial charge in [-0.15, -0.1) is 24.0 Å². The molecular weight excluding hydrogens is 525 g/mol. The van der Waals surface area contributed by atoms with Gasteiger partial charge in [0.2, 0.25) is 0 Å². The van der Waals surface area contributed by atoms with Gasteiger partial charge in [0, 0.05) is 39.3 Å². The second-order valence-corrected chi connectivity index (χ2v) is 8.12. The molecule has 0 atom stereocenters. The van der Waals surface area contributed by atoms with Gasteiger partial charge in [-0.1, -0.05) is 42.5 Å². The van der Waals surface area contributed by atoms with Crippen LogP contribution < -0.4 is 10.6 Å². The molecule has 178 valence electrons. The molecule has 2 N–H and O–H groups in total. The molecule has 0 spiro atoms. The van der Waals surface area contributed by atoms with Crippen molar-refractivity contribution in [2.75, 3.05) is 32.8 Å². The molecule has 3 rings (SSSR count). The Kier molecular flexibility index (Phi) is 12.8. The predicted octanol–water partition coefficient (Wildman–Crippen LogP) is 4.30. The summed E-state index contributed by atoms with van der Waals surface area (Å²) in [6, 6.07) is 20.4. The van der Waals surface area contributed by atoms with Crippen LogP contribution in [0.15, 0.2) is 59.6 Å². The van der Waals surface area contributed by atoms with Crippen LogP contribution in [0.1, 0.15) is 42.9 Å². The maximum absolute atomic E-state index is 8.90. The van der Waals surface area contributed by atoms with Crippen molar-refractivity contribution in [1.29, 1.82) is 5.26 Å². The van der Waals surface area contributed by atoms with Crippen molar-refractivity contribution in [3.8, 4) is 6.07 Å². The lowest BCUT2D eigenvalue weighted by atomic mass is 10.1. The minimum Gasteiger partial charge on any atom is -0.378 e. The zero-order chi connectivity index (χ0) is 22.4. The standard InChI is InChI=1S/C26H35N5O.HI/c1-2-28-26(30-20-23-11-9-22(19-27)10-12-23)29-15-6-18-32-25-13-16-31(17-14-25)21-24-7-4-3-5-8-24;/h3-5,7-12,25H,2,6,13-18,20-21H2,1H3,(H2,28,29,30);1H. The van der Waals surface area contributed by atoms with Gasteiger partial charge in [-0.3, -0.25) is 4.90 Å². The average Bonchev–Trinajstić information content (AvgIpc) is 2.84. The third-order valence-electron chi connectivity index (χ3n) is 5.60. The summed E-state index contributed by atoms with van der Waals surface area (Å²) in [7, 11) is 0. The Hall–Kier alpha value is -2.15. The summed E-state index contributed by atoms with van der Waals surface area (Å²) >= 11 is 0. The molecule has 1 aliphatic rings. The van der Waals surface area contributed by atoms with E-state index in [-0.39, 0.29) is 24.0 Å². The number of nitrogens with zero attached hydrogens (tertiary/aromatic N) is 3. The summed E-state index contributed by atoms with van der Waals surface area (Å²) in [5.41, 5.74) is 3.14. The van der Waals surface area contributed by atoms with Crippen LogP contribution in [0.3, 0.4) is 0 Å². The van der Waals surface area contributed by atoms with Gasteiger partial charge in [0.05, 0.1) is 24.3 Å². The number of nitriles is 1. The minimum absolute atomic E-state index is 0. The number of ether oxygens (including phenoxy) is 1. The molecule has 0 radical (unpaired) electrons. The van der Waals surface area contributed by atoms with Crippen molar-refractivity contribution < 1.29 is 4.74 Å². The molecule has 6 nitrogen and oxygen atoms in total. The second-order valence-electron chi connectivity index (χ2n) is 8.12. The van der Waals surface area contributed by atoms with Gasteiger partial charge in [0.25, 0.3) is 0 Å². The van der Waals surface area contributed by atoms with Gasteiger partial charge in [0.15, 0.2) is 5.96 Å². The van der Waals surface area contributed by atoms with Crippen LogP contribution >= 0.6 is 24.0 Å². The number of halogens is 1.